The van der Waals surface area contributed by atoms with Crippen molar-refractivity contribution in [2.75, 3.05) is 46.1 Å². The maximum atomic E-state index is 12.9. The zero-order chi connectivity index (χ0) is 28.2. The lowest BCUT2D eigenvalue weighted by atomic mass is 10.0. The minimum atomic E-state index is -1.20. The maximum absolute atomic E-state index is 12.9. The summed E-state index contributed by atoms with van der Waals surface area (Å²) in [6.45, 7) is 3.35. The number of aliphatic hydroxyl groups is 1. The molecule has 2 amide bonds. The van der Waals surface area contributed by atoms with Gasteiger partial charge in [0, 0.05) is 46.3 Å². The van der Waals surface area contributed by atoms with Crippen LogP contribution in [0.1, 0.15) is 35.4 Å². The standard InChI is InChI=1S/C24H31ClN4O5.C2H4O2/c1-33-20-13-18(26)17(25)12-16(20)23(31)28-19-8-10-29(14-21(19)34-2)11-9-27-24(32)22(30)15-6-4-3-5-7-15;1-2(3)4/h3-7,12-13,19,21-22,30H,8-11,14,26H2,1-2H3,(H,27,32)(H,28,31);1H3,(H,3,4). The van der Waals surface area contributed by atoms with Crippen LogP contribution in [0.3, 0.4) is 0 Å². The lowest BCUT2D eigenvalue weighted by molar-refractivity contribution is -0.134. The molecule has 0 spiro atoms. The number of amides is 2. The van der Waals surface area contributed by atoms with Crippen LogP contribution in [0.25, 0.3) is 0 Å². The molecule has 11 nitrogen and oxygen atoms in total. The van der Waals surface area contributed by atoms with Crippen molar-refractivity contribution in [1.82, 2.24) is 15.5 Å². The van der Waals surface area contributed by atoms with E-state index < -0.39 is 18.0 Å². The molecule has 0 bridgehead atoms. The summed E-state index contributed by atoms with van der Waals surface area (Å²) in [7, 11) is 3.07. The zero-order valence-electron chi connectivity index (χ0n) is 21.6. The maximum Gasteiger partial charge on any atom is 0.300 e. The van der Waals surface area contributed by atoms with E-state index in [0.29, 0.717) is 55.2 Å². The summed E-state index contributed by atoms with van der Waals surface area (Å²) in [5.74, 6) is -1.24. The third-order valence-electron chi connectivity index (χ3n) is 5.92. The molecule has 1 fully saturated rings. The number of hydrogen-bond acceptors (Lipinski definition) is 8. The SMILES string of the molecule is CC(=O)O.COc1cc(N)c(Cl)cc1C(=O)NC1CCN(CCNC(=O)C(O)c2ccccc2)CC1OC. The van der Waals surface area contributed by atoms with E-state index in [9.17, 15) is 14.7 Å². The molecule has 1 aliphatic heterocycles. The Morgan fingerprint density at radius 3 is 2.47 bits per heavy atom. The Morgan fingerprint density at radius 2 is 1.87 bits per heavy atom. The van der Waals surface area contributed by atoms with Crippen LogP contribution in [0, 0.1) is 0 Å². The number of methoxy groups -OCH3 is 2. The van der Waals surface area contributed by atoms with Crippen LogP contribution in [0.5, 0.6) is 5.75 Å². The van der Waals surface area contributed by atoms with Gasteiger partial charge in [-0.2, -0.15) is 0 Å². The number of nitrogens with zero attached hydrogens (tertiary/aromatic N) is 1. The molecule has 3 unspecified atom stereocenters. The van der Waals surface area contributed by atoms with E-state index in [0.717, 1.165) is 6.92 Å². The smallest absolute Gasteiger partial charge is 0.300 e. The molecule has 12 heteroatoms. The van der Waals surface area contributed by atoms with E-state index in [4.69, 9.17) is 36.7 Å². The van der Waals surface area contributed by atoms with E-state index in [1.165, 1.54) is 19.2 Å². The molecule has 1 heterocycles. The minimum Gasteiger partial charge on any atom is -0.496 e. The van der Waals surface area contributed by atoms with Crippen molar-refractivity contribution < 1.29 is 34.1 Å². The predicted octanol–water partition coefficient (Wildman–Crippen LogP) is 1.69. The minimum absolute atomic E-state index is 0.204. The highest BCUT2D eigenvalue weighted by atomic mass is 35.5. The third kappa shape index (κ3) is 9.18. The molecule has 3 rings (SSSR count). The Kier molecular flexibility index (Phi) is 12.3. The van der Waals surface area contributed by atoms with Crippen molar-refractivity contribution in [1.29, 1.82) is 0 Å². The van der Waals surface area contributed by atoms with Crippen LogP contribution < -0.4 is 21.1 Å². The number of carboxylic acids is 1. The van der Waals surface area contributed by atoms with Crippen molar-refractivity contribution in [2.45, 2.75) is 31.6 Å². The monoisotopic (exact) mass is 550 g/mol. The van der Waals surface area contributed by atoms with Gasteiger partial charge in [-0.3, -0.25) is 19.3 Å². The molecule has 0 radical (unpaired) electrons. The summed E-state index contributed by atoms with van der Waals surface area (Å²) in [5.41, 5.74) is 6.99. The molecular weight excluding hydrogens is 516 g/mol. The van der Waals surface area contributed by atoms with Gasteiger partial charge in [0.15, 0.2) is 6.10 Å². The van der Waals surface area contributed by atoms with Crippen molar-refractivity contribution in [3.63, 3.8) is 0 Å². The number of carboxylic acid groups (broad SMARTS) is 1. The number of rotatable bonds is 9. The number of aliphatic hydroxyl groups excluding tert-OH is 1. The fraction of sp³-hybridized carbons (Fsp3) is 0.423. The second-order valence-electron chi connectivity index (χ2n) is 8.64. The first-order valence-electron chi connectivity index (χ1n) is 12.0. The summed E-state index contributed by atoms with van der Waals surface area (Å²) < 4.78 is 10.9. The van der Waals surface area contributed by atoms with Crippen molar-refractivity contribution in [2.24, 2.45) is 0 Å². The third-order valence-corrected chi connectivity index (χ3v) is 6.24. The molecule has 3 atom stereocenters. The number of carbonyl (C=O) groups excluding carboxylic acids is 2. The van der Waals surface area contributed by atoms with E-state index >= 15 is 0 Å². The van der Waals surface area contributed by atoms with Gasteiger partial charge < -0.3 is 36.1 Å². The molecule has 38 heavy (non-hydrogen) atoms. The fourth-order valence-corrected chi connectivity index (χ4v) is 4.13. The lowest BCUT2D eigenvalue weighted by Crippen LogP contribution is -2.55. The van der Waals surface area contributed by atoms with Gasteiger partial charge in [-0.25, -0.2) is 0 Å². The van der Waals surface area contributed by atoms with Crippen molar-refractivity contribution in [3.05, 3.63) is 58.6 Å². The molecule has 1 saturated heterocycles. The van der Waals surface area contributed by atoms with Gasteiger partial charge in [0.2, 0.25) is 0 Å². The number of carbonyl (C=O) groups is 3. The summed E-state index contributed by atoms with van der Waals surface area (Å²) in [6.07, 6.45) is -0.776. The first-order chi connectivity index (χ1) is 18.1. The molecule has 208 valence electrons. The highest BCUT2D eigenvalue weighted by Crippen LogP contribution is 2.29. The Balaban J connectivity index is 0.00000118. The number of nitrogens with one attached hydrogen (secondary N) is 2. The molecule has 0 aromatic heterocycles. The van der Waals surface area contributed by atoms with Gasteiger partial charge in [0.05, 0.1) is 35.5 Å². The zero-order valence-corrected chi connectivity index (χ0v) is 22.4. The summed E-state index contributed by atoms with van der Waals surface area (Å²) in [6, 6.07) is 11.6. The second kappa shape index (κ2) is 15.1. The van der Waals surface area contributed by atoms with Crippen LogP contribution in [0.2, 0.25) is 5.02 Å². The van der Waals surface area contributed by atoms with Crippen LogP contribution in [0.15, 0.2) is 42.5 Å². The van der Waals surface area contributed by atoms with Crippen LogP contribution in [-0.2, 0) is 14.3 Å². The number of nitrogen functional groups attached to an aromatic ring is 1. The highest BCUT2D eigenvalue weighted by molar-refractivity contribution is 6.33. The lowest BCUT2D eigenvalue weighted by Gasteiger charge is -2.38. The van der Waals surface area contributed by atoms with Gasteiger partial charge in [-0.05, 0) is 18.1 Å². The number of nitrogens with two attached hydrogens (primary N) is 1. The Morgan fingerprint density at radius 1 is 1.21 bits per heavy atom. The molecule has 6 N–H and O–H groups in total. The highest BCUT2D eigenvalue weighted by Gasteiger charge is 2.31. The Labute approximate surface area is 226 Å². The molecule has 0 aliphatic carbocycles. The van der Waals surface area contributed by atoms with E-state index in [1.54, 1.807) is 31.4 Å². The molecule has 1 aliphatic rings. The predicted molar refractivity (Wildman–Crippen MR) is 143 cm³/mol. The van der Waals surface area contributed by atoms with Gasteiger partial charge in [-0.15, -0.1) is 0 Å². The average molecular weight is 551 g/mol. The molecule has 2 aromatic carbocycles. The summed E-state index contributed by atoms with van der Waals surface area (Å²) in [5, 5.41) is 23.7. The number of anilines is 1. The average Bonchev–Trinajstić information content (AvgIpc) is 2.90. The molecule has 0 saturated carbocycles. The topological polar surface area (TPSA) is 163 Å². The normalized spacial score (nSPS) is 17.9. The van der Waals surface area contributed by atoms with Gasteiger partial charge in [-0.1, -0.05) is 41.9 Å². The Bertz CT molecular complexity index is 1080. The van der Waals surface area contributed by atoms with Gasteiger partial charge >= 0.3 is 0 Å². The summed E-state index contributed by atoms with van der Waals surface area (Å²) in [4.78, 5) is 36.3. The van der Waals surface area contributed by atoms with Crippen LogP contribution in [-0.4, -0.2) is 85.4 Å². The summed E-state index contributed by atoms with van der Waals surface area (Å²) >= 11 is 6.09. The largest absolute Gasteiger partial charge is 0.496 e. The van der Waals surface area contributed by atoms with Crippen molar-refractivity contribution >= 4 is 35.1 Å². The van der Waals surface area contributed by atoms with Gasteiger partial charge in [0.25, 0.3) is 17.8 Å². The number of likely N-dealkylation sites (tertiary alicyclic amines) is 1. The number of benzene rings is 2. The van der Waals surface area contributed by atoms with Crippen LogP contribution >= 0.6 is 11.6 Å². The number of aliphatic carboxylic acids is 1. The molecule has 2 aromatic rings. The number of halogens is 1. The van der Waals surface area contributed by atoms with Crippen molar-refractivity contribution in [3.8, 4) is 5.75 Å². The van der Waals surface area contributed by atoms with E-state index in [-0.39, 0.29) is 23.1 Å². The number of ether oxygens (including phenoxy) is 2. The first-order valence-corrected chi connectivity index (χ1v) is 12.3. The van der Waals surface area contributed by atoms with E-state index in [2.05, 4.69) is 15.5 Å². The fourth-order valence-electron chi connectivity index (χ4n) is 3.97. The van der Waals surface area contributed by atoms with Gasteiger partial charge in [0.1, 0.15) is 5.75 Å². The number of hydrogen-bond donors (Lipinski definition) is 5. The first kappa shape index (κ1) is 30.8. The second-order valence-corrected chi connectivity index (χ2v) is 9.05. The van der Waals surface area contributed by atoms with Crippen LogP contribution in [0.4, 0.5) is 5.69 Å². The quantitative estimate of drug-likeness (QED) is 0.292. The number of piperidine rings is 1. The van der Waals surface area contributed by atoms with E-state index in [1.807, 2.05) is 6.07 Å². The molecular formula is C26H35ClN4O7. The Hall–Kier alpha value is -3.38.